The van der Waals surface area contributed by atoms with Crippen molar-refractivity contribution in [2.24, 2.45) is 0 Å². The van der Waals surface area contributed by atoms with Crippen LogP contribution in [-0.4, -0.2) is 18.2 Å². The van der Waals surface area contributed by atoms with Crippen molar-refractivity contribution >= 4 is 29.2 Å². The molecule has 19 heavy (non-hydrogen) atoms. The Morgan fingerprint density at radius 3 is 2.47 bits per heavy atom. The molecule has 98 valence electrons. The van der Waals surface area contributed by atoms with Crippen molar-refractivity contribution in [1.82, 2.24) is 0 Å². The fraction of sp³-hybridized carbons (Fsp3) is 0.0714. The van der Waals surface area contributed by atoms with E-state index < -0.39 is 5.97 Å². The lowest BCUT2D eigenvalue weighted by atomic mass is 9.99. The molecule has 0 saturated heterocycles. The van der Waals surface area contributed by atoms with Crippen molar-refractivity contribution in [2.75, 3.05) is 7.11 Å². The number of hydrogen-bond donors (Lipinski definition) is 1. The predicted molar refractivity (Wildman–Crippen MR) is 75.4 cm³/mol. The van der Waals surface area contributed by atoms with Gasteiger partial charge in [0.15, 0.2) is 0 Å². The molecule has 0 radical (unpaired) electrons. The second-order valence-electron chi connectivity index (χ2n) is 3.84. The minimum Gasteiger partial charge on any atom is -0.495 e. The average Bonchev–Trinajstić information content (AvgIpc) is 2.38. The number of carboxylic acids is 1. The van der Waals surface area contributed by atoms with E-state index in [2.05, 4.69) is 0 Å². The summed E-state index contributed by atoms with van der Waals surface area (Å²) in [6.45, 7) is 0. The Kier molecular flexibility index (Phi) is 3.98. The van der Waals surface area contributed by atoms with Gasteiger partial charge in [0.05, 0.1) is 17.7 Å². The number of rotatable bonds is 3. The van der Waals surface area contributed by atoms with Gasteiger partial charge in [-0.25, -0.2) is 4.79 Å². The number of halogens is 2. The molecule has 5 heteroatoms. The van der Waals surface area contributed by atoms with E-state index >= 15 is 0 Å². The lowest BCUT2D eigenvalue weighted by Crippen LogP contribution is -1.99. The van der Waals surface area contributed by atoms with Gasteiger partial charge in [-0.3, -0.25) is 0 Å². The van der Waals surface area contributed by atoms with E-state index in [4.69, 9.17) is 27.9 Å². The van der Waals surface area contributed by atoms with E-state index in [1.807, 2.05) is 0 Å². The van der Waals surface area contributed by atoms with Crippen LogP contribution in [0.4, 0.5) is 0 Å². The molecule has 0 atom stereocenters. The molecule has 0 heterocycles. The average molecular weight is 297 g/mol. The van der Waals surface area contributed by atoms with Gasteiger partial charge in [0.1, 0.15) is 5.75 Å². The molecule has 0 aliphatic heterocycles. The van der Waals surface area contributed by atoms with Gasteiger partial charge in [0.2, 0.25) is 0 Å². The lowest BCUT2D eigenvalue weighted by molar-refractivity contribution is 0.0697. The van der Waals surface area contributed by atoms with Crippen molar-refractivity contribution in [3.63, 3.8) is 0 Å². The first-order chi connectivity index (χ1) is 9.02. The highest BCUT2D eigenvalue weighted by Crippen LogP contribution is 2.32. The topological polar surface area (TPSA) is 46.5 Å². The summed E-state index contributed by atoms with van der Waals surface area (Å²) in [5.74, 6) is -0.499. The quantitative estimate of drug-likeness (QED) is 0.915. The number of ether oxygens (including phenoxy) is 1. The monoisotopic (exact) mass is 296 g/mol. The number of carbonyl (C=O) groups is 1. The third-order valence-electron chi connectivity index (χ3n) is 2.67. The van der Waals surface area contributed by atoms with Crippen LogP contribution < -0.4 is 4.74 Å². The second kappa shape index (κ2) is 5.51. The normalized spacial score (nSPS) is 10.3. The van der Waals surface area contributed by atoms with Crippen LogP contribution in [0.15, 0.2) is 36.4 Å². The summed E-state index contributed by atoms with van der Waals surface area (Å²) < 4.78 is 5.06. The summed E-state index contributed by atoms with van der Waals surface area (Å²) in [5.41, 5.74) is 1.38. The van der Waals surface area contributed by atoms with E-state index in [9.17, 15) is 9.90 Å². The van der Waals surface area contributed by atoms with Crippen molar-refractivity contribution in [3.05, 3.63) is 52.0 Å². The van der Waals surface area contributed by atoms with Gasteiger partial charge in [-0.15, -0.1) is 0 Å². The first-order valence-corrected chi connectivity index (χ1v) is 6.15. The summed E-state index contributed by atoms with van der Waals surface area (Å²) in [5, 5.41) is 10.0. The smallest absolute Gasteiger partial charge is 0.336 e. The van der Waals surface area contributed by atoms with Crippen LogP contribution in [-0.2, 0) is 0 Å². The Hall–Kier alpha value is -1.71. The molecule has 2 rings (SSSR count). The third-order valence-corrected chi connectivity index (χ3v) is 3.21. The highest BCUT2D eigenvalue weighted by molar-refractivity contribution is 6.32. The van der Waals surface area contributed by atoms with E-state index in [1.54, 1.807) is 30.3 Å². The summed E-state index contributed by atoms with van der Waals surface area (Å²) in [6.07, 6.45) is 0. The van der Waals surface area contributed by atoms with Crippen molar-refractivity contribution < 1.29 is 14.6 Å². The van der Waals surface area contributed by atoms with Crippen LogP contribution in [0.3, 0.4) is 0 Å². The van der Waals surface area contributed by atoms with E-state index in [0.29, 0.717) is 26.9 Å². The molecule has 2 aromatic carbocycles. The molecule has 0 saturated carbocycles. The molecule has 0 unspecified atom stereocenters. The minimum atomic E-state index is -1.04. The largest absolute Gasteiger partial charge is 0.495 e. The number of aromatic carboxylic acids is 1. The molecule has 3 nitrogen and oxygen atoms in total. The highest BCUT2D eigenvalue weighted by atomic mass is 35.5. The number of methoxy groups -OCH3 is 1. The van der Waals surface area contributed by atoms with Gasteiger partial charge in [-0.05, 0) is 35.4 Å². The number of benzene rings is 2. The molecule has 0 aliphatic rings. The summed E-state index contributed by atoms with van der Waals surface area (Å²) in [6, 6.07) is 9.82. The summed E-state index contributed by atoms with van der Waals surface area (Å²) >= 11 is 11.9. The zero-order valence-electron chi connectivity index (χ0n) is 9.98. The molecule has 1 N–H and O–H groups in total. The molecular weight excluding hydrogens is 287 g/mol. The Balaban J connectivity index is 2.58. The first-order valence-electron chi connectivity index (χ1n) is 5.39. The Bertz CT molecular complexity index is 639. The number of carboxylic acid groups (broad SMARTS) is 1. The van der Waals surface area contributed by atoms with Crippen LogP contribution >= 0.6 is 23.2 Å². The van der Waals surface area contributed by atoms with Gasteiger partial charge in [0.25, 0.3) is 0 Å². The molecule has 0 fully saturated rings. The van der Waals surface area contributed by atoms with Gasteiger partial charge in [-0.2, -0.15) is 0 Å². The molecule has 2 aromatic rings. The Morgan fingerprint density at radius 2 is 1.89 bits per heavy atom. The summed E-state index contributed by atoms with van der Waals surface area (Å²) in [4.78, 5) is 11.2. The van der Waals surface area contributed by atoms with Crippen LogP contribution in [0.2, 0.25) is 10.0 Å². The van der Waals surface area contributed by atoms with Gasteiger partial charge < -0.3 is 9.84 Å². The van der Waals surface area contributed by atoms with Crippen LogP contribution in [0, 0.1) is 0 Å². The van der Waals surface area contributed by atoms with Gasteiger partial charge in [-0.1, -0.05) is 35.3 Å². The van der Waals surface area contributed by atoms with Crippen molar-refractivity contribution in [3.8, 4) is 16.9 Å². The fourth-order valence-corrected chi connectivity index (χ4v) is 2.21. The molecule has 0 spiro atoms. The SMILES string of the molecule is COc1ccc(-c2ccc(Cl)cc2C(=O)O)cc1Cl. The third kappa shape index (κ3) is 2.83. The second-order valence-corrected chi connectivity index (χ2v) is 4.69. The Labute approximate surface area is 120 Å². The zero-order chi connectivity index (χ0) is 14.0. The molecule has 0 aromatic heterocycles. The molecule has 0 amide bonds. The molecule has 0 aliphatic carbocycles. The molecular formula is C14H10Cl2O3. The standard InChI is InChI=1S/C14H10Cl2O3/c1-19-13-5-2-8(6-12(13)16)10-4-3-9(15)7-11(10)14(17)18/h2-7H,1H3,(H,17,18). The van der Waals surface area contributed by atoms with Crippen LogP contribution in [0.1, 0.15) is 10.4 Å². The predicted octanol–water partition coefficient (Wildman–Crippen LogP) is 4.37. The molecule has 0 bridgehead atoms. The lowest BCUT2D eigenvalue weighted by Gasteiger charge is -2.09. The van der Waals surface area contributed by atoms with Crippen molar-refractivity contribution in [2.45, 2.75) is 0 Å². The maximum atomic E-state index is 11.2. The van der Waals surface area contributed by atoms with E-state index in [-0.39, 0.29) is 5.56 Å². The highest BCUT2D eigenvalue weighted by Gasteiger charge is 2.13. The number of hydrogen-bond acceptors (Lipinski definition) is 2. The first kappa shape index (κ1) is 13.7. The Morgan fingerprint density at radius 1 is 1.16 bits per heavy atom. The van der Waals surface area contributed by atoms with Crippen LogP contribution in [0.5, 0.6) is 5.75 Å². The minimum absolute atomic E-state index is 0.133. The fourth-order valence-electron chi connectivity index (χ4n) is 1.78. The van der Waals surface area contributed by atoms with Gasteiger partial charge in [0, 0.05) is 5.02 Å². The van der Waals surface area contributed by atoms with E-state index in [1.165, 1.54) is 13.2 Å². The van der Waals surface area contributed by atoms with Crippen LogP contribution in [0.25, 0.3) is 11.1 Å². The maximum Gasteiger partial charge on any atom is 0.336 e. The van der Waals surface area contributed by atoms with Gasteiger partial charge >= 0.3 is 5.97 Å². The van der Waals surface area contributed by atoms with E-state index in [0.717, 1.165) is 0 Å². The zero-order valence-corrected chi connectivity index (χ0v) is 11.5. The summed E-state index contributed by atoms with van der Waals surface area (Å²) in [7, 11) is 1.52. The maximum absolute atomic E-state index is 11.2. The van der Waals surface area contributed by atoms with Crippen molar-refractivity contribution in [1.29, 1.82) is 0 Å².